The van der Waals surface area contributed by atoms with Crippen molar-refractivity contribution in [2.24, 2.45) is 5.92 Å². The van der Waals surface area contributed by atoms with Crippen LogP contribution in [0.4, 0.5) is 0 Å². The fourth-order valence-electron chi connectivity index (χ4n) is 3.07. The summed E-state index contributed by atoms with van der Waals surface area (Å²) in [6, 6.07) is 1.15. The van der Waals surface area contributed by atoms with Crippen molar-refractivity contribution >= 4 is 23.5 Å². The van der Waals surface area contributed by atoms with Crippen LogP contribution < -0.4 is 5.32 Å². The van der Waals surface area contributed by atoms with E-state index in [1.54, 1.807) is 6.07 Å². The molecule has 1 amide bonds. The Morgan fingerprint density at radius 1 is 1.39 bits per heavy atom. The highest BCUT2D eigenvalue weighted by Crippen LogP contribution is 2.15. The second-order valence-corrected chi connectivity index (χ2v) is 8.22. The van der Waals surface area contributed by atoms with Crippen LogP contribution in [0.5, 0.6) is 0 Å². The lowest BCUT2D eigenvalue weighted by atomic mass is 10.0. The Hall–Kier alpha value is -2.56. The summed E-state index contributed by atoms with van der Waals surface area (Å²) < 4.78 is 5.27. The minimum absolute atomic E-state index is 0.310. The molecule has 3 rings (SSSR count). The van der Waals surface area contributed by atoms with Gasteiger partial charge in [0.25, 0.3) is 11.9 Å². The molecule has 1 saturated heterocycles. The highest BCUT2D eigenvalue weighted by Gasteiger charge is 2.30. The van der Waals surface area contributed by atoms with Crippen molar-refractivity contribution in [3.05, 3.63) is 40.8 Å². The number of carboxylic acids is 1. The van der Waals surface area contributed by atoms with Gasteiger partial charge in [-0.2, -0.15) is 4.98 Å². The summed E-state index contributed by atoms with van der Waals surface area (Å²) in [6.45, 7) is 6.98. The molecule has 2 aromatic rings. The molecule has 1 aliphatic heterocycles. The summed E-state index contributed by atoms with van der Waals surface area (Å²) in [7, 11) is 0. The van der Waals surface area contributed by atoms with Crippen molar-refractivity contribution in [2.75, 3.05) is 13.1 Å². The van der Waals surface area contributed by atoms with E-state index in [0.29, 0.717) is 54.3 Å². The Labute approximate surface area is 185 Å². The number of aliphatic carboxylic acids is 1. The van der Waals surface area contributed by atoms with Crippen molar-refractivity contribution in [2.45, 2.75) is 52.3 Å². The molecule has 0 aromatic carbocycles. The predicted octanol–water partition coefficient (Wildman–Crippen LogP) is 1.77. The van der Waals surface area contributed by atoms with Crippen molar-refractivity contribution in [1.82, 2.24) is 25.3 Å². The van der Waals surface area contributed by atoms with Crippen molar-refractivity contribution in [3.63, 3.8) is 0 Å². The lowest BCUT2D eigenvalue weighted by Crippen LogP contribution is -2.54. The SMILES string of the molecule is CC(=O)O.CC(C)Cc1nc(CN2CC[C@H](O)[C@H](NC(=O)c3cncc(Cl)c3)C2)no1. The predicted molar refractivity (Wildman–Crippen MR) is 113 cm³/mol. The quantitative estimate of drug-likeness (QED) is 0.596. The molecule has 0 bridgehead atoms. The number of hydrogen-bond acceptors (Lipinski definition) is 8. The Balaban J connectivity index is 0.000000785. The number of aliphatic hydroxyl groups is 1. The fourth-order valence-corrected chi connectivity index (χ4v) is 3.24. The molecule has 11 heteroatoms. The number of carboxylic acid groups (broad SMARTS) is 1. The van der Waals surface area contributed by atoms with Gasteiger partial charge in [-0.1, -0.05) is 30.6 Å². The molecule has 1 aliphatic rings. The average molecular weight is 454 g/mol. The normalized spacial score (nSPS) is 18.9. The van der Waals surface area contributed by atoms with Crippen LogP contribution in [0.1, 0.15) is 49.3 Å². The van der Waals surface area contributed by atoms with Crippen LogP contribution in [0, 0.1) is 5.92 Å². The molecule has 31 heavy (non-hydrogen) atoms. The molecule has 3 heterocycles. The van der Waals surface area contributed by atoms with E-state index in [9.17, 15) is 9.90 Å². The number of nitrogens with zero attached hydrogens (tertiary/aromatic N) is 4. The molecule has 2 aromatic heterocycles. The van der Waals surface area contributed by atoms with Crippen LogP contribution >= 0.6 is 11.6 Å². The van der Waals surface area contributed by atoms with Crippen LogP contribution in [-0.2, 0) is 17.8 Å². The van der Waals surface area contributed by atoms with E-state index in [1.165, 1.54) is 12.4 Å². The summed E-state index contributed by atoms with van der Waals surface area (Å²) in [4.78, 5) is 31.8. The lowest BCUT2D eigenvalue weighted by Gasteiger charge is -2.35. The number of rotatable bonds is 6. The van der Waals surface area contributed by atoms with E-state index in [2.05, 4.69) is 39.2 Å². The number of hydrogen-bond donors (Lipinski definition) is 3. The topological polar surface area (TPSA) is 142 Å². The summed E-state index contributed by atoms with van der Waals surface area (Å²) in [5.41, 5.74) is 0.364. The number of amides is 1. The Morgan fingerprint density at radius 2 is 2.10 bits per heavy atom. The number of carbonyl (C=O) groups is 2. The molecule has 0 unspecified atom stereocenters. The number of aliphatic hydroxyl groups excluding tert-OH is 1. The van der Waals surface area contributed by atoms with Crippen LogP contribution in [0.2, 0.25) is 5.02 Å². The molecular weight excluding hydrogens is 426 g/mol. The highest BCUT2D eigenvalue weighted by molar-refractivity contribution is 6.30. The van der Waals surface area contributed by atoms with E-state index < -0.39 is 18.1 Å². The van der Waals surface area contributed by atoms with E-state index in [0.717, 1.165) is 13.3 Å². The van der Waals surface area contributed by atoms with Crippen LogP contribution in [0.15, 0.2) is 23.0 Å². The maximum Gasteiger partial charge on any atom is 0.300 e. The van der Waals surface area contributed by atoms with Gasteiger partial charge < -0.3 is 20.1 Å². The number of likely N-dealkylation sites (tertiary alicyclic amines) is 1. The first-order valence-electron chi connectivity index (χ1n) is 9.96. The van der Waals surface area contributed by atoms with Gasteiger partial charge >= 0.3 is 0 Å². The van der Waals surface area contributed by atoms with Gasteiger partial charge in [0.2, 0.25) is 5.89 Å². The van der Waals surface area contributed by atoms with Gasteiger partial charge in [0.1, 0.15) is 0 Å². The molecule has 3 N–H and O–H groups in total. The minimum atomic E-state index is -0.833. The Kier molecular flexibility index (Phi) is 9.35. The minimum Gasteiger partial charge on any atom is -0.481 e. The first kappa shape index (κ1) is 24.7. The highest BCUT2D eigenvalue weighted by atomic mass is 35.5. The maximum absolute atomic E-state index is 12.4. The van der Waals surface area contributed by atoms with Crippen molar-refractivity contribution in [1.29, 1.82) is 0 Å². The Morgan fingerprint density at radius 3 is 2.74 bits per heavy atom. The molecular formula is C20H28ClN5O5. The summed E-state index contributed by atoms with van der Waals surface area (Å²) >= 11 is 5.88. The first-order valence-corrected chi connectivity index (χ1v) is 10.3. The fraction of sp³-hybridized carbons (Fsp3) is 0.550. The smallest absolute Gasteiger partial charge is 0.300 e. The van der Waals surface area contributed by atoms with Gasteiger partial charge in [0.15, 0.2) is 5.82 Å². The van der Waals surface area contributed by atoms with Gasteiger partial charge in [-0.05, 0) is 18.4 Å². The third-order valence-corrected chi connectivity index (χ3v) is 4.61. The number of pyridine rings is 1. The summed E-state index contributed by atoms with van der Waals surface area (Å²) in [5, 5.41) is 25.0. The molecule has 0 radical (unpaired) electrons. The van der Waals surface area contributed by atoms with Crippen molar-refractivity contribution in [3.8, 4) is 0 Å². The van der Waals surface area contributed by atoms with Gasteiger partial charge in [0.05, 0.1) is 29.3 Å². The zero-order chi connectivity index (χ0) is 23.0. The number of piperidine rings is 1. The summed E-state index contributed by atoms with van der Waals surface area (Å²) in [5.74, 6) is 0.556. The maximum atomic E-state index is 12.4. The standard InChI is InChI=1S/C18H24ClN5O3.C2H4O2/c1-11(2)5-17-22-16(23-27-17)10-24-4-3-15(25)14(9-24)21-18(26)12-6-13(19)8-20-7-12;1-2(3)4/h6-8,11,14-15,25H,3-5,9-10H2,1-2H3,(H,21,26);1H3,(H,3,4)/t14-,15+;/m1./s1. The first-order chi connectivity index (χ1) is 14.6. The largest absolute Gasteiger partial charge is 0.481 e. The van der Waals surface area contributed by atoms with E-state index >= 15 is 0 Å². The molecule has 0 spiro atoms. The number of aromatic nitrogens is 3. The third kappa shape index (κ3) is 8.60. The monoisotopic (exact) mass is 453 g/mol. The van der Waals surface area contributed by atoms with E-state index in [1.807, 2.05) is 0 Å². The molecule has 10 nitrogen and oxygen atoms in total. The van der Waals surface area contributed by atoms with E-state index in [4.69, 9.17) is 26.0 Å². The van der Waals surface area contributed by atoms with Gasteiger partial charge in [0, 0.05) is 38.8 Å². The molecule has 1 fully saturated rings. The Bertz CT molecular complexity index is 871. The van der Waals surface area contributed by atoms with Crippen molar-refractivity contribution < 1.29 is 24.3 Å². The van der Waals surface area contributed by atoms with Gasteiger partial charge in [-0.25, -0.2) is 0 Å². The third-order valence-electron chi connectivity index (χ3n) is 4.40. The lowest BCUT2D eigenvalue weighted by molar-refractivity contribution is -0.134. The van der Waals surface area contributed by atoms with Crippen LogP contribution in [-0.4, -0.2) is 67.3 Å². The number of halogens is 1. The molecule has 0 aliphatic carbocycles. The second kappa shape index (κ2) is 11.7. The van der Waals surface area contributed by atoms with E-state index in [-0.39, 0.29) is 5.91 Å². The zero-order valence-electron chi connectivity index (χ0n) is 17.8. The molecule has 2 atom stereocenters. The average Bonchev–Trinajstić information content (AvgIpc) is 3.10. The molecule has 0 saturated carbocycles. The second-order valence-electron chi connectivity index (χ2n) is 7.78. The summed E-state index contributed by atoms with van der Waals surface area (Å²) in [6.07, 6.45) is 3.60. The van der Waals surface area contributed by atoms with Gasteiger partial charge in [-0.15, -0.1) is 0 Å². The number of nitrogens with one attached hydrogen (secondary N) is 1. The number of carbonyl (C=O) groups excluding carboxylic acids is 1. The van der Waals surface area contributed by atoms with Crippen LogP contribution in [0.25, 0.3) is 0 Å². The van der Waals surface area contributed by atoms with Gasteiger partial charge in [-0.3, -0.25) is 19.5 Å². The zero-order valence-corrected chi connectivity index (χ0v) is 18.5. The molecule has 170 valence electrons. The van der Waals surface area contributed by atoms with Crippen LogP contribution in [0.3, 0.4) is 0 Å².